The van der Waals surface area contributed by atoms with Crippen molar-refractivity contribution in [2.45, 2.75) is 19.3 Å². The van der Waals surface area contributed by atoms with E-state index in [9.17, 15) is 0 Å². The Morgan fingerprint density at radius 3 is 2.09 bits per heavy atom. The summed E-state index contributed by atoms with van der Waals surface area (Å²) in [5.74, 6) is 0. The quantitative estimate of drug-likeness (QED) is 0.270. The molecule has 0 saturated carbocycles. The maximum Gasteiger partial charge on any atom is 0.0582 e. The first-order valence-electron chi connectivity index (χ1n) is 12.1. The highest BCUT2D eigenvalue weighted by atomic mass is 15.1. The van der Waals surface area contributed by atoms with Crippen molar-refractivity contribution in [1.82, 2.24) is 9.55 Å². The van der Waals surface area contributed by atoms with E-state index in [0.717, 1.165) is 17.1 Å². The SMILES string of the molecule is CC1(C)c2cnccc2-n2c3ccc(N(c4ccccc4)c4ccccc4)cc3c3cccc1c32. The lowest BCUT2D eigenvalue weighted by atomic mass is 9.75. The highest BCUT2D eigenvalue weighted by Gasteiger charge is 2.35. The highest BCUT2D eigenvalue weighted by Crippen LogP contribution is 2.48. The number of fused-ring (bicyclic) bond motifs is 5. The summed E-state index contributed by atoms with van der Waals surface area (Å²) in [6, 6.07) is 36.9. The number of nitrogens with zero attached hydrogens (tertiary/aromatic N) is 3. The van der Waals surface area contributed by atoms with E-state index < -0.39 is 0 Å². The molecule has 3 nitrogen and oxygen atoms in total. The predicted molar refractivity (Wildman–Crippen MR) is 145 cm³/mol. The minimum Gasteiger partial charge on any atom is -0.310 e. The van der Waals surface area contributed by atoms with Gasteiger partial charge in [0.1, 0.15) is 0 Å². The van der Waals surface area contributed by atoms with Gasteiger partial charge in [0.15, 0.2) is 0 Å². The highest BCUT2D eigenvalue weighted by molar-refractivity contribution is 6.12. The molecule has 0 N–H and O–H groups in total. The number of hydrogen-bond donors (Lipinski definition) is 0. The summed E-state index contributed by atoms with van der Waals surface area (Å²) in [7, 11) is 0. The van der Waals surface area contributed by atoms with Crippen LogP contribution in [-0.4, -0.2) is 9.55 Å². The molecule has 0 radical (unpaired) electrons. The van der Waals surface area contributed by atoms with Crippen LogP contribution in [0.25, 0.3) is 27.5 Å². The lowest BCUT2D eigenvalue weighted by molar-refractivity contribution is 0.626. The van der Waals surface area contributed by atoms with Crippen LogP contribution in [0, 0.1) is 0 Å². The maximum absolute atomic E-state index is 4.48. The number of aromatic nitrogens is 2. The van der Waals surface area contributed by atoms with E-state index in [1.165, 1.54) is 38.6 Å². The van der Waals surface area contributed by atoms with E-state index in [4.69, 9.17) is 0 Å². The summed E-state index contributed by atoms with van der Waals surface area (Å²) < 4.78 is 2.43. The second-order valence-corrected chi connectivity index (χ2v) is 9.76. The maximum atomic E-state index is 4.48. The van der Waals surface area contributed by atoms with E-state index in [1.807, 2.05) is 12.4 Å². The fourth-order valence-corrected chi connectivity index (χ4v) is 5.76. The average Bonchev–Trinajstić information content (AvgIpc) is 3.23. The molecule has 0 saturated heterocycles. The molecule has 1 aliphatic rings. The van der Waals surface area contributed by atoms with Crippen molar-refractivity contribution in [3.63, 3.8) is 0 Å². The number of hydrogen-bond acceptors (Lipinski definition) is 2. The molecule has 0 amide bonds. The molecule has 0 fully saturated rings. The average molecular weight is 452 g/mol. The van der Waals surface area contributed by atoms with Crippen molar-refractivity contribution in [1.29, 1.82) is 0 Å². The van der Waals surface area contributed by atoms with Crippen LogP contribution in [0.5, 0.6) is 0 Å². The van der Waals surface area contributed by atoms with Gasteiger partial charge >= 0.3 is 0 Å². The molecule has 0 atom stereocenters. The fourth-order valence-electron chi connectivity index (χ4n) is 5.76. The summed E-state index contributed by atoms with van der Waals surface area (Å²) >= 11 is 0. The molecule has 0 spiro atoms. The van der Waals surface area contributed by atoms with Gasteiger partial charge in [-0.2, -0.15) is 0 Å². The van der Waals surface area contributed by atoms with Gasteiger partial charge in [0.25, 0.3) is 0 Å². The summed E-state index contributed by atoms with van der Waals surface area (Å²) in [4.78, 5) is 6.81. The van der Waals surface area contributed by atoms with Crippen LogP contribution < -0.4 is 4.90 Å². The summed E-state index contributed by atoms with van der Waals surface area (Å²) in [5.41, 5.74) is 9.67. The van der Waals surface area contributed by atoms with Crippen molar-refractivity contribution in [2.75, 3.05) is 4.90 Å². The molecule has 0 bridgehead atoms. The lowest BCUT2D eigenvalue weighted by Crippen LogP contribution is -2.26. The molecular formula is C32H25N3. The van der Waals surface area contributed by atoms with Crippen LogP contribution in [0.1, 0.15) is 25.0 Å². The van der Waals surface area contributed by atoms with Crippen molar-refractivity contribution in [3.8, 4) is 5.69 Å². The number of rotatable bonds is 3. The topological polar surface area (TPSA) is 21.1 Å². The van der Waals surface area contributed by atoms with Gasteiger partial charge in [0.05, 0.1) is 16.7 Å². The Labute approximate surface area is 204 Å². The van der Waals surface area contributed by atoms with Crippen LogP contribution in [-0.2, 0) is 5.41 Å². The standard InChI is InChI=1S/C32H25N3/c1-32(2)27-15-9-14-25-26-20-24(34(22-10-5-3-6-11-22)23-12-7-4-8-13-23)16-17-29(26)35(31(25)27)30-18-19-33-21-28(30)32/h3-21H,1-2H3. The van der Waals surface area contributed by atoms with Crippen molar-refractivity contribution < 1.29 is 0 Å². The van der Waals surface area contributed by atoms with Crippen molar-refractivity contribution >= 4 is 38.9 Å². The molecule has 6 aromatic rings. The van der Waals surface area contributed by atoms with Gasteiger partial charge in [-0.05, 0) is 54.1 Å². The molecule has 0 unspecified atom stereocenters. The minimum absolute atomic E-state index is 0.115. The van der Waals surface area contributed by atoms with Crippen molar-refractivity contribution in [2.24, 2.45) is 0 Å². The molecule has 3 heteroatoms. The second kappa shape index (κ2) is 7.31. The zero-order chi connectivity index (χ0) is 23.6. The van der Waals surface area contributed by atoms with Gasteiger partial charge in [-0.15, -0.1) is 0 Å². The first kappa shape index (κ1) is 20.0. The monoisotopic (exact) mass is 451 g/mol. The molecular weight excluding hydrogens is 426 g/mol. The summed E-state index contributed by atoms with van der Waals surface area (Å²) in [5, 5.41) is 2.55. The minimum atomic E-state index is -0.115. The molecule has 1 aliphatic heterocycles. The van der Waals surface area contributed by atoms with E-state index in [2.05, 4.69) is 131 Å². The summed E-state index contributed by atoms with van der Waals surface area (Å²) in [6.45, 7) is 4.61. The molecule has 3 heterocycles. The van der Waals surface area contributed by atoms with Gasteiger partial charge < -0.3 is 9.47 Å². The normalized spacial score (nSPS) is 13.7. The molecule has 2 aromatic heterocycles. The van der Waals surface area contributed by atoms with Crippen molar-refractivity contribution in [3.05, 3.63) is 127 Å². The first-order valence-corrected chi connectivity index (χ1v) is 12.1. The van der Waals surface area contributed by atoms with Gasteiger partial charge in [-0.3, -0.25) is 4.98 Å². The van der Waals surface area contributed by atoms with Crippen LogP contribution in [0.15, 0.2) is 116 Å². The largest absolute Gasteiger partial charge is 0.310 e. The zero-order valence-electron chi connectivity index (χ0n) is 19.8. The van der Waals surface area contributed by atoms with Crippen LogP contribution in [0.2, 0.25) is 0 Å². The third-order valence-electron chi connectivity index (χ3n) is 7.44. The van der Waals surface area contributed by atoms with Gasteiger partial charge in [0, 0.05) is 51.2 Å². The van der Waals surface area contributed by atoms with E-state index in [-0.39, 0.29) is 5.41 Å². The fraction of sp³-hybridized carbons (Fsp3) is 0.0938. The Morgan fingerprint density at radius 1 is 0.657 bits per heavy atom. The lowest BCUT2D eigenvalue weighted by Gasteiger charge is -2.34. The van der Waals surface area contributed by atoms with Gasteiger partial charge in [-0.1, -0.05) is 68.4 Å². The van der Waals surface area contributed by atoms with E-state index in [0.29, 0.717) is 0 Å². The van der Waals surface area contributed by atoms with E-state index >= 15 is 0 Å². The smallest absolute Gasteiger partial charge is 0.0582 e. The Hall–Kier alpha value is -4.37. The predicted octanol–water partition coefficient (Wildman–Crippen LogP) is 8.29. The zero-order valence-corrected chi connectivity index (χ0v) is 19.8. The third kappa shape index (κ3) is 2.82. The van der Waals surface area contributed by atoms with Gasteiger partial charge in [-0.25, -0.2) is 0 Å². The Balaban J connectivity index is 1.55. The number of benzene rings is 4. The number of pyridine rings is 1. The molecule has 35 heavy (non-hydrogen) atoms. The number of anilines is 3. The van der Waals surface area contributed by atoms with Crippen LogP contribution in [0.3, 0.4) is 0 Å². The van der Waals surface area contributed by atoms with Crippen LogP contribution in [0.4, 0.5) is 17.1 Å². The Morgan fingerprint density at radius 2 is 1.37 bits per heavy atom. The second-order valence-electron chi connectivity index (χ2n) is 9.76. The molecule has 0 aliphatic carbocycles. The number of para-hydroxylation sites is 3. The van der Waals surface area contributed by atoms with E-state index in [1.54, 1.807) is 0 Å². The van der Waals surface area contributed by atoms with Gasteiger partial charge in [0.2, 0.25) is 0 Å². The first-order chi connectivity index (χ1) is 17.1. The van der Waals surface area contributed by atoms with Crippen LogP contribution >= 0.6 is 0 Å². The molecule has 4 aromatic carbocycles. The molecule has 7 rings (SSSR count). The third-order valence-corrected chi connectivity index (χ3v) is 7.44. The Bertz CT molecular complexity index is 1670. The summed E-state index contributed by atoms with van der Waals surface area (Å²) in [6.07, 6.45) is 3.94. The molecule has 168 valence electrons. The Kier molecular flexibility index (Phi) is 4.19.